The van der Waals surface area contributed by atoms with E-state index in [9.17, 15) is 13.2 Å². The first-order valence-electron chi connectivity index (χ1n) is 6.02. The Kier molecular flexibility index (Phi) is 4.16. The van der Waals surface area contributed by atoms with Crippen LogP contribution in [0.1, 0.15) is 12.1 Å². The topological polar surface area (TPSA) is 87.6 Å². The van der Waals surface area contributed by atoms with E-state index in [4.69, 9.17) is 5.11 Å². The minimum absolute atomic E-state index is 0.0348. The molecule has 1 aliphatic heterocycles. The number of aliphatic carboxylic acids is 1. The summed E-state index contributed by atoms with van der Waals surface area (Å²) in [6.07, 6.45) is 2.13. The number of carbonyl (C=O) groups is 1. The molecule has 19 heavy (non-hydrogen) atoms. The van der Waals surface area contributed by atoms with E-state index < -0.39 is 15.8 Å². The van der Waals surface area contributed by atoms with E-state index in [1.165, 1.54) is 0 Å². The summed E-state index contributed by atoms with van der Waals surface area (Å²) in [5.41, 5.74) is 0.744. The Morgan fingerprint density at radius 1 is 1.47 bits per heavy atom. The van der Waals surface area contributed by atoms with Gasteiger partial charge in [0.1, 0.15) is 0 Å². The third-order valence-corrected chi connectivity index (χ3v) is 4.90. The van der Waals surface area contributed by atoms with Crippen LogP contribution >= 0.6 is 0 Å². The van der Waals surface area contributed by atoms with E-state index in [1.807, 2.05) is 6.07 Å². The summed E-state index contributed by atoms with van der Waals surface area (Å²) in [7, 11) is -3.02. The molecule has 1 atom stereocenters. The fourth-order valence-electron chi connectivity index (χ4n) is 2.25. The molecular weight excluding hydrogens is 268 g/mol. The molecule has 1 aliphatic rings. The van der Waals surface area contributed by atoms with E-state index in [1.54, 1.807) is 23.2 Å². The Balaban J connectivity index is 2.10. The average Bonchev–Trinajstić information content (AvgIpc) is 2.70. The number of carboxylic acid groups (broad SMARTS) is 1. The van der Waals surface area contributed by atoms with E-state index >= 15 is 0 Å². The number of rotatable bonds is 5. The fraction of sp³-hybridized carbons (Fsp3) is 0.500. The lowest BCUT2D eigenvalue weighted by Crippen LogP contribution is -2.39. The van der Waals surface area contributed by atoms with E-state index in [0.717, 1.165) is 5.69 Å². The smallest absolute Gasteiger partial charge is 0.317 e. The van der Waals surface area contributed by atoms with E-state index in [-0.39, 0.29) is 24.1 Å². The van der Waals surface area contributed by atoms with Gasteiger partial charge >= 0.3 is 5.97 Å². The number of aromatic nitrogens is 1. The molecule has 0 saturated carbocycles. The van der Waals surface area contributed by atoms with Gasteiger partial charge in [0, 0.05) is 18.8 Å². The van der Waals surface area contributed by atoms with Crippen molar-refractivity contribution in [2.75, 3.05) is 18.1 Å². The maximum atomic E-state index is 11.5. The van der Waals surface area contributed by atoms with Gasteiger partial charge in [0.25, 0.3) is 0 Å². The molecule has 2 heterocycles. The first-order chi connectivity index (χ1) is 8.96. The Hall–Kier alpha value is -1.47. The number of pyridine rings is 1. The third-order valence-electron chi connectivity index (χ3n) is 3.15. The van der Waals surface area contributed by atoms with Crippen molar-refractivity contribution in [3.63, 3.8) is 0 Å². The molecule has 0 aromatic carbocycles. The zero-order valence-corrected chi connectivity index (χ0v) is 11.2. The lowest BCUT2D eigenvalue weighted by atomic mass is 10.2. The van der Waals surface area contributed by atoms with Crippen LogP contribution in [-0.2, 0) is 21.2 Å². The minimum Gasteiger partial charge on any atom is -0.480 e. The number of hydrogen-bond donors (Lipinski definition) is 1. The molecule has 0 amide bonds. The predicted molar refractivity (Wildman–Crippen MR) is 69.3 cm³/mol. The van der Waals surface area contributed by atoms with Gasteiger partial charge in [-0.1, -0.05) is 6.07 Å². The number of sulfone groups is 1. The van der Waals surface area contributed by atoms with Crippen molar-refractivity contribution >= 4 is 15.8 Å². The molecule has 1 N–H and O–H groups in total. The van der Waals surface area contributed by atoms with Crippen LogP contribution in [0.25, 0.3) is 0 Å². The average molecular weight is 284 g/mol. The van der Waals surface area contributed by atoms with Gasteiger partial charge in [0.05, 0.1) is 23.7 Å². The maximum absolute atomic E-state index is 11.5. The molecular formula is C12H16N2O4S. The van der Waals surface area contributed by atoms with Gasteiger partial charge in [-0.25, -0.2) is 8.42 Å². The number of hydrogen-bond acceptors (Lipinski definition) is 5. The van der Waals surface area contributed by atoms with Crippen molar-refractivity contribution in [2.45, 2.75) is 19.0 Å². The van der Waals surface area contributed by atoms with Crippen molar-refractivity contribution < 1.29 is 18.3 Å². The predicted octanol–water partition coefficient (Wildman–Crippen LogP) is 0.155. The summed E-state index contributed by atoms with van der Waals surface area (Å²) < 4.78 is 23.0. The molecule has 1 unspecified atom stereocenters. The normalized spacial score (nSPS) is 21.6. The molecule has 104 valence electrons. The molecule has 7 heteroatoms. The van der Waals surface area contributed by atoms with Crippen LogP contribution in [0.4, 0.5) is 0 Å². The second-order valence-corrected chi connectivity index (χ2v) is 6.91. The van der Waals surface area contributed by atoms with Crippen molar-refractivity contribution in [1.29, 1.82) is 0 Å². The van der Waals surface area contributed by atoms with Crippen molar-refractivity contribution in [1.82, 2.24) is 9.88 Å². The van der Waals surface area contributed by atoms with Crippen molar-refractivity contribution in [3.05, 3.63) is 30.1 Å². The Morgan fingerprint density at radius 2 is 2.26 bits per heavy atom. The van der Waals surface area contributed by atoms with Crippen molar-refractivity contribution in [2.24, 2.45) is 0 Å². The minimum atomic E-state index is -3.02. The van der Waals surface area contributed by atoms with Gasteiger partial charge in [-0.05, 0) is 18.6 Å². The molecule has 0 aliphatic carbocycles. The van der Waals surface area contributed by atoms with Gasteiger partial charge in [-0.3, -0.25) is 14.7 Å². The molecule has 2 rings (SSSR count). The second-order valence-electron chi connectivity index (χ2n) is 4.68. The number of carboxylic acids is 1. The first kappa shape index (κ1) is 14.0. The highest BCUT2D eigenvalue weighted by atomic mass is 32.2. The standard InChI is InChI=1S/C12H16N2O4S/c15-12(16)8-14(7-10-3-1-2-5-13-10)11-4-6-19(17,18)9-11/h1-3,5,11H,4,6-9H2,(H,15,16). The largest absolute Gasteiger partial charge is 0.480 e. The van der Waals surface area contributed by atoms with Crippen LogP contribution < -0.4 is 0 Å². The Labute approximate surface area is 112 Å². The lowest BCUT2D eigenvalue weighted by Gasteiger charge is -2.25. The highest BCUT2D eigenvalue weighted by Gasteiger charge is 2.33. The zero-order chi connectivity index (χ0) is 13.9. The van der Waals surface area contributed by atoms with Crippen LogP contribution in [0.15, 0.2) is 24.4 Å². The van der Waals surface area contributed by atoms with Gasteiger partial charge in [0.15, 0.2) is 9.84 Å². The Morgan fingerprint density at radius 3 is 2.79 bits per heavy atom. The first-order valence-corrected chi connectivity index (χ1v) is 7.84. The highest BCUT2D eigenvalue weighted by molar-refractivity contribution is 7.91. The van der Waals surface area contributed by atoms with Crippen LogP contribution in [-0.4, -0.2) is 53.5 Å². The Bertz CT molecular complexity index is 544. The van der Waals surface area contributed by atoms with E-state index in [0.29, 0.717) is 13.0 Å². The molecule has 1 aromatic rings. The van der Waals surface area contributed by atoms with Gasteiger partial charge in [0.2, 0.25) is 0 Å². The van der Waals surface area contributed by atoms with Crippen LogP contribution in [0, 0.1) is 0 Å². The van der Waals surface area contributed by atoms with Gasteiger partial charge in [-0.15, -0.1) is 0 Å². The second kappa shape index (κ2) is 5.66. The fourth-order valence-corrected chi connectivity index (χ4v) is 4.01. The molecule has 1 saturated heterocycles. The summed E-state index contributed by atoms with van der Waals surface area (Å²) in [4.78, 5) is 16.7. The van der Waals surface area contributed by atoms with Gasteiger partial charge < -0.3 is 5.11 Å². The number of nitrogens with zero attached hydrogens (tertiary/aromatic N) is 2. The summed E-state index contributed by atoms with van der Waals surface area (Å²) in [6.45, 7) is 0.185. The van der Waals surface area contributed by atoms with Crippen LogP contribution in [0.2, 0.25) is 0 Å². The molecule has 1 aromatic heterocycles. The summed E-state index contributed by atoms with van der Waals surface area (Å²) in [6, 6.07) is 5.18. The summed E-state index contributed by atoms with van der Waals surface area (Å²) in [5.74, 6) is -0.788. The SMILES string of the molecule is O=C(O)CN(Cc1ccccn1)C1CCS(=O)(=O)C1. The molecule has 0 radical (unpaired) electrons. The monoisotopic (exact) mass is 284 g/mol. The lowest BCUT2D eigenvalue weighted by molar-refractivity contribution is -0.139. The highest BCUT2D eigenvalue weighted by Crippen LogP contribution is 2.19. The van der Waals surface area contributed by atoms with Crippen molar-refractivity contribution in [3.8, 4) is 0 Å². The van der Waals surface area contributed by atoms with Crippen LogP contribution in [0.3, 0.4) is 0 Å². The van der Waals surface area contributed by atoms with E-state index in [2.05, 4.69) is 4.98 Å². The van der Waals surface area contributed by atoms with Gasteiger partial charge in [-0.2, -0.15) is 0 Å². The quantitative estimate of drug-likeness (QED) is 0.828. The molecule has 6 nitrogen and oxygen atoms in total. The zero-order valence-electron chi connectivity index (χ0n) is 10.4. The molecule has 1 fully saturated rings. The third kappa shape index (κ3) is 4.00. The molecule has 0 bridgehead atoms. The van der Waals surface area contributed by atoms with Crippen LogP contribution in [0.5, 0.6) is 0 Å². The summed E-state index contributed by atoms with van der Waals surface area (Å²) in [5, 5.41) is 8.94. The summed E-state index contributed by atoms with van der Waals surface area (Å²) >= 11 is 0. The maximum Gasteiger partial charge on any atom is 0.317 e. The molecule has 0 spiro atoms.